The van der Waals surface area contributed by atoms with E-state index in [0.29, 0.717) is 21.7 Å². The molecule has 1 N–H and O–H groups in total. The quantitative estimate of drug-likeness (QED) is 0.880. The van der Waals surface area contributed by atoms with Gasteiger partial charge in [0.1, 0.15) is 6.54 Å². The molecule has 0 saturated carbocycles. The first-order valence-corrected chi connectivity index (χ1v) is 6.85. The van der Waals surface area contributed by atoms with Crippen molar-refractivity contribution in [3.63, 3.8) is 0 Å². The standard InChI is InChI=1S/C14H12Cl2N2O3/c1-7-8(2)14(21)18(17-13(7)20)6-12(19)9-3-4-10(15)11(16)5-9/h3-5H,6H2,1-2H3,(H,17,20). The molecule has 21 heavy (non-hydrogen) atoms. The fourth-order valence-electron chi connectivity index (χ4n) is 1.81. The first-order valence-electron chi connectivity index (χ1n) is 6.10. The Kier molecular flexibility index (Phi) is 4.34. The number of hydrogen-bond donors (Lipinski definition) is 1. The molecule has 5 nitrogen and oxygen atoms in total. The number of nitrogens with one attached hydrogen (secondary N) is 1. The summed E-state index contributed by atoms with van der Waals surface area (Å²) in [7, 11) is 0. The van der Waals surface area contributed by atoms with E-state index in [9.17, 15) is 14.4 Å². The molecule has 0 amide bonds. The Balaban J connectivity index is 2.38. The van der Waals surface area contributed by atoms with E-state index in [4.69, 9.17) is 23.2 Å². The van der Waals surface area contributed by atoms with E-state index in [2.05, 4.69) is 5.10 Å². The predicted molar refractivity (Wildman–Crippen MR) is 81.6 cm³/mol. The molecule has 0 fully saturated rings. The molecular formula is C14H12Cl2N2O3. The minimum Gasteiger partial charge on any atom is -0.292 e. The third kappa shape index (κ3) is 3.09. The van der Waals surface area contributed by atoms with Crippen molar-refractivity contribution in [3.05, 3.63) is 65.6 Å². The van der Waals surface area contributed by atoms with Crippen LogP contribution in [-0.2, 0) is 6.54 Å². The van der Waals surface area contributed by atoms with Gasteiger partial charge in [-0.2, -0.15) is 0 Å². The maximum atomic E-state index is 12.2. The van der Waals surface area contributed by atoms with E-state index < -0.39 is 11.1 Å². The number of aromatic amines is 1. The van der Waals surface area contributed by atoms with Crippen LogP contribution < -0.4 is 11.1 Å². The monoisotopic (exact) mass is 326 g/mol. The molecule has 2 aromatic rings. The average Bonchev–Trinajstić information content (AvgIpc) is 2.45. The van der Waals surface area contributed by atoms with Crippen molar-refractivity contribution in [2.24, 2.45) is 0 Å². The highest BCUT2D eigenvalue weighted by molar-refractivity contribution is 6.42. The third-order valence-corrected chi connectivity index (χ3v) is 3.99. The summed E-state index contributed by atoms with van der Waals surface area (Å²) in [6.07, 6.45) is 0. The Morgan fingerprint density at radius 3 is 2.43 bits per heavy atom. The number of ketones is 1. The minimum atomic E-state index is -0.402. The van der Waals surface area contributed by atoms with Gasteiger partial charge >= 0.3 is 0 Å². The molecule has 0 atom stereocenters. The average molecular weight is 327 g/mol. The van der Waals surface area contributed by atoms with E-state index in [1.165, 1.54) is 18.2 Å². The lowest BCUT2D eigenvalue weighted by Crippen LogP contribution is -2.35. The van der Waals surface area contributed by atoms with Gasteiger partial charge in [0.2, 0.25) is 0 Å². The molecule has 1 heterocycles. The summed E-state index contributed by atoms with van der Waals surface area (Å²) in [6, 6.07) is 4.44. The lowest BCUT2D eigenvalue weighted by molar-refractivity contribution is 0.0965. The second-order valence-electron chi connectivity index (χ2n) is 4.63. The van der Waals surface area contributed by atoms with Crippen molar-refractivity contribution < 1.29 is 4.79 Å². The molecule has 2 rings (SSSR count). The van der Waals surface area contributed by atoms with Crippen molar-refractivity contribution in [2.45, 2.75) is 20.4 Å². The molecule has 0 saturated heterocycles. The number of benzene rings is 1. The van der Waals surface area contributed by atoms with E-state index in [1.54, 1.807) is 13.8 Å². The van der Waals surface area contributed by atoms with Crippen LogP contribution in [0.5, 0.6) is 0 Å². The number of rotatable bonds is 3. The van der Waals surface area contributed by atoms with Gasteiger partial charge in [-0.15, -0.1) is 0 Å². The van der Waals surface area contributed by atoms with E-state index in [1.807, 2.05) is 0 Å². The molecular weight excluding hydrogens is 315 g/mol. The van der Waals surface area contributed by atoms with Crippen LogP contribution in [0, 0.1) is 13.8 Å². The summed E-state index contributed by atoms with van der Waals surface area (Å²) in [4.78, 5) is 35.8. The van der Waals surface area contributed by atoms with Crippen molar-refractivity contribution >= 4 is 29.0 Å². The molecule has 0 spiro atoms. The Hall–Kier alpha value is -1.85. The summed E-state index contributed by atoms with van der Waals surface area (Å²) < 4.78 is 0.996. The highest BCUT2D eigenvalue weighted by atomic mass is 35.5. The number of halogens is 2. The van der Waals surface area contributed by atoms with Crippen LogP contribution >= 0.6 is 23.2 Å². The highest BCUT2D eigenvalue weighted by Crippen LogP contribution is 2.22. The predicted octanol–water partition coefficient (Wildman–Crippen LogP) is 2.34. The maximum Gasteiger partial charge on any atom is 0.268 e. The number of carbonyl (C=O) groups is 1. The van der Waals surface area contributed by atoms with E-state index in [0.717, 1.165) is 4.68 Å². The summed E-state index contributed by atoms with van der Waals surface area (Å²) in [5.41, 5.74) is 0.184. The van der Waals surface area contributed by atoms with Gasteiger partial charge in [0.05, 0.1) is 10.0 Å². The fraction of sp³-hybridized carbons (Fsp3) is 0.214. The van der Waals surface area contributed by atoms with Crippen LogP contribution in [0.3, 0.4) is 0 Å². The SMILES string of the molecule is Cc1c(C)c(=O)n(CC(=O)c2ccc(Cl)c(Cl)c2)[nH]c1=O. The molecule has 7 heteroatoms. The smallest absolute Gasteiger partial charge is 0.268 e. The van der Waals surface area contributed by atoms with Crippen molar-refractivity contribution in [2.75, 3.05) is 0 Å². The van der Waals surface area contributed by atoms with Gasteiger partial charge in [0, 0.05) is 16.7 Å². The van der Waals surface area contributed by atoms with Gasteiger partial charge in [-0.25, -0.2) is 4.68 Å². The summed E-state index contributed by atoms with van der Waals surface area (Å²) in [5.74, 6) is -0.352. The van der Waals surface area contributed by atoms with Crippen LogP contribution in [0.25, 0.3) is 0 Å². The molecule has 0 aliphatic rings. The Labute approximate surface area is 130 Å². The molecule has 110 valence electrons. The Bertz CT molecular complexity index is 837. The zero-order valence-corrected chi connectivity index (χ0v) is 12.9. The number of H-pyrrole nitrogens is 1. The van der Waals surface area contributed by atoms with Crippen LogP contribution in [0.2, 0.25) is 10.0 Å². The number of carbonyl (C=O) groups excluding carboxylic acids is 1. The normalized spacial score (nSPS) is 10.7. The largest absolute Gasteiger partial charge is 0.292 e. The molecule has 1 aromatic carbocycles. The Morgan fingerprint density at radius 2 is 1.81 bits per heavy atom. The van der Waals surface area contributed by atoms with Gasteiger partial charge in [0.15, 0.2) is 5.78 Å². The fourth-order valence-corrected chi connectivity index (χ4v) is 2.10. The van der Waals surface area contributed by atoms with E-state index >= 15 is 0 Å². The second kappa shape index (κ2) is 5.87. The minimum absolute atomic E-state index is 0.253. The number of nitrogens with zero attached hydrogens (tertiary/aromatic N) is 1. The zero-order chi connectivity index (χ0) is 15.7. The third-order valence-electron chi connectivity index (χ3n) is 3.25. The van der Waals surface area contributed by atoms with Gasteiger partial charge < -0.3 is 0 Å². The highest BCUT2D eigenvalue weighted by Gasteiger charge is 2.13. The van der Waals surface area contributed by atoms with Gasteiger partial charge in [-0.3, -0.25) is 19.5 Å². The number of aromatic nitrogens is 2. The number of hydrogen-bond acceptors (Lipinski definition) is 3. The zero-order valence-electron chi connectivity index (χ0n) is 11.4. The van der Waals surface area contributed by atoms with Crippen LogP contribution in [-0.4, -0.2) is 15.6 Å². The first-order chi connectivity index (χ1) is 9.81. The van der Waals surface area contributed by atoms with Gasteiger partial charge in [-0.05, 0) is 32.0 Å². The summed E-state index contributed by atoms with van der Waals surface area (Å²) in [5, 5.41) is 2.97. The number of Topliss-reactive ketones (excluding diaryl/α,β-unsaturated/α-hetero) is 1. The first kappa shape index (κ1) is 15.5. The molecule has 0 bridgehead atoms. The lowest BCUT2D eigenvalue weighted by atomic mass is 10.1. The molecule has 0 unspecified atom stereocenters. The summed E-state index contributed by atoms with van der Waals surface area (Å²) >= 11 is 11.6. The molecule has 0 aliphatic carbocycles. The van der Waals surface area contributed by atoms with Crippen molar-refractivity contribution in [1.82, 2.24) is 9.78 Å². The maximum absolute atomic E-state index is 12.2. The van der Waals surface area contributed by atoms with Gasteiger partial charge in [-0.1, -0.05) is 23.2 Å². The lowest BCUT2D eigenvalue weighted by Gasteiger charge is -2.08. The van der Waals surface area contributed by atoms with Crippen LogP contribution in [0.1, 0.15) is 21.5 Å². The second-order valence-corrected chi connectivity index (χ2v) is 5.45. The van der Waals surface area contributed by atoms with Crippen LogP contribution in [0.4, 0.5) is 0 Å². The van der Waals surface area contributed by atoms with Crippen LogP contribution in [0.15, 0.2) is 27.8 Å². The molecule has 0 aliphatic heterocycles. The topological polar surface area (TPSA) is 71.9 Å². The Morgan fingerprint density at radius 1 is 1.14 bits per heavy atom. The van der Waals surface area contributed by atoms with E-state index in [-0.39, 0.29) is 17.4 Å². The van der Waals surface area contributed by atoms with Crippen molar-refractivity contribution in [1.29, 1.82) is 0 Å². The summed E-state index contributed by atoms with van der Waals surface area (Å²) in [6.45, 7) is 2.83. The molecule has 1 aromatic heterocycles. The van der Waals surface area contributed by atoms with Crippen molar-refractivity contribution in [3.8, 4) is 0 Å². The van der Waals surface area contributed by atoms with Gasteiger partial charge in [0.25, 0.3) is 11.1 Å². The molecule has 0 radical (unpaired) electrons.